The minimum absolute atomic E-state index is 0.00305. The molecule has 0 saturated carbocycles. The van der Waals surface area contributed by atoms with E-state index in [4.69, 9.17) is 0 Å². The lowest BCUT2D eigenvalue weighted by molar-refractivity contribution is 0.102. The molecule has 182 valence electrons. The molecule has 0 atom stereocenters. The molecule has 11 nitrogen and oxygen atoms in total. The van der Waals surface area contributed by atoms with Crippen molar-refractivity contribution in [2.45, 2.75) is 39.3 Å². The smallest absolute Gasteiger partial charge is 0.276 e. The number of carbonyl (C=O) groups excluding carboxylic acids is 1. The van der Waals surface area contributed by atoms with Crippen molar-refractivity contribution in [3.05, 3.63) is 75.5 Å². The van der Waals surface area contributed by atoms with E-state index in [1.807, 2.05) is 13.8 Å². The molecule has 1 amide bonds. The molecule has 0 spiro atoms. The molecule has 0 unspecified atom stereocenters. The zero-order valence-electron chi connectivity index (χ0n) is 19.4. The van der Waals surface area contributed by atoms with Crippen molar-refractivity contribution >= 4 is 43.5 Å². The summed E-state index contributed by atoms with van der Waals surface area (Å²) in [5, 5.41) is 11.5. The molecular formula is C22H23BrN8O3S. The number of benzene rings is 1. The number of anilines is 2. The predicted octanol–water partition coefficient (Wildman–Crippen LogP) is 3.42. The Labute approximate surface area is 210 Å². The van der Waals surface area contributed by atoms with E-state index >= 15 is 0 Å². The van der Waals surface area contributed by atoms with E-state index in [2.05, 4.69) is 46.1 Å². The van der Waals surface area contributed by atoms with Crippen LogP contribution in [0.25, 0.3) is 0 Å². The van der Waals surface area contributed by atoms with Crippen molar-refractivity contribution in [1.29, 1.82) is 0 Å². The number of hydrogen-bond acceptors (Lipinski definition) is 7. The lowest BCUT2D eigenvalue weighted by atomic mass is 10.3. The number of nitrogens with zero attached hydrogens (tertiary/aromatic N) is 6. The summed E-state index contributed by atoms with van der Waals surface area (Å²) in [7, 11) is -3.89. The van der Waals surface area contributed by atoms with E-state index in [-0.39, 0.29) is 16.5 Å². The minimum Gasteiger partial charge on any atom is -0.321 e. The molecule has 13 heteroatoms. The number of aromatic nitrogens is 6. The summed E-state index contributed by atoms with van der Waals surface area (Å²) < 4.78 is 32.1. The van der Waals surface area contributed by atoms with Crippen LogP contribution in [-0.2, 0) is 16.7 Å². The quantitative estimate of drug-likeness (QED) is 0.354. The van der Waals surface area contributed by atoms with Crippen molar-refractivity contribution in [2.75, 3.05) is 10.0 Å². The fourth-order valence-corrected chi connectivity index (χ4v) is 4.60. The third-order valence-corrected chi connectivity index (χ3v) is 7.57. The molecule has 4 aromatic rings. The first-order valence-electron chi connectivity index (χ1n) is 10.5. The lowest BCUT2D eigenvalue weighted by Crippen LogP contribution is -2.17. The highest BCUT2D eigenvalue weighted by molar-refractivity contribution is 9.10. The maximum atomic E-state index is 12.7. The Bertz CT molecular complexity index is 1490. The summed E-state index contributed by atoms with van der Waals surface area (Å²) in [6, 6.07) is 9.12. The molecule has 4 rings (SSSR count). The Morgan fingerprint density at radius 2 is 1.66 bits per heavy atom. The molecule has 0 bridgehead atoms. The zero-order valence-corrected chi connectivity index (χ0v) is 21.8. The van der Waals surface area contributed by atoms with Crippen molar-refractivity contribution in [2.24, 2.45) is 0 Å². The van der Waals surface area contributed by atoms with Crippen LogP contribution >= 0.6 is 15.9 Å². The van der Waals surface area contributed by atoms with Gasteiger partial charge in [-0.25, -0.2) is 27.8 Å². The maximum absolute atomic E-state index is 12.7. The van der Waals surface area contributed by atoms with Gasteiger partial charge >= 0.3 is 0 Å². The lowest BCUT2D eigenvalue weighted by Gasteiger charge is -2.09. The second kappa shape index (κ2) is 9.58. The fourth-order valence-electron chi connectivity index (χ4n) is 3.37. The van der Waals surface area contributed by atoms with Gasteiger partial charge in [0, 0.05) is 23.3 Å². The van der Waals surface area contributed by atoms with Crippen LogP contribution in [0.2, 0.25) is 0 Å². The minimum atomic E-state index is -3.89. The van der Waals surface area contributed by atoms with Crippen molar-refractivity contribution < 1.29 is 13.2 Å². The largest absolute Gasteiger partial charge is 0.321 e. The van der Waals surface area contributed by atoms with Crippen LogP contribution in [0, 0.1) is 27.7 Å². The van der Waals surface area contributed by atoms with Crippen LogP contribution in [0.4, 0.5) is 11.6 Å². The van der Waals surface area contributed by atoms with Gasteiger partial charge in [0.1, 0.15) is 6.67 Å². The van der Waals surface area contributed by atoms with E-state index < -0.39 is 15.9 Å². The second-order valence-electron chi connectivity index (χ2n) is 7.92. The molecule has 0 saturated heterocycles. The van der Waals surface area contributed by atoms with Crippen LogP contribution in [-0.4, -0.2) is 43.9 Å². The molecule has 0 aliphatic heterocycles. The van der Waals surface area contributed by atoms with Crippen LogP contribution < -0.4 is 10.0 Å². The van der Waals surface area contributed by atoms with Crippen LogP contribution in [0.5, 0.6) is 0 Å². The summed E-state index contributed by atoms with van der Waals surface area (Å²) in [6.07, 6.45) is 1.69. The van der Waals surface area contributed by atoms with Gasteiger partial charge in [0.15, 0.2) is 5.69 Å². The molecule has 3 aromatic heterocycles. The third kappa shape index (κ3) is 5.57. The van der Waals surface area contributed by atoms with Gasteiger partial charge in [-0.05, 0) is 80.0 Å². The van der Waals surface area contributed by atoms with E-state index in [1.54, 1.807) is 41.5 Å². The molecule has 1 aromatic carbocycles. The number of carbonyl (C=O) groups is 1. The number of halogens is 1. The molecular weight excluding hydrogens is 536 g/mol. The van der Waals surface area contributed by atoms with E-state index in [0.29, 0.717) is 23.7 Å². The number of sulfonamides is 1. The third-order valence-electron chi connectivity index (χ3n) is 5.08. The Morgan fingerprint density at radius 1 is 1.00 bits per heavy atom. The Kier molecular flexibility index (Phi) is 6.72. The highest BCUT2D eigenvalue weighted by Gasteiger charge is 2.17. The summed E-state index contributed by atoms with van der Waals surface area (Å²) in [5.41, 5.74) is 3.77. The van der Waals surface area contributed by atoms with Crippen molar-refractivity contribution in [3.8, 4) is 0 Å². The number of nitrogens with one attached hydrogen (secondary N) is 2. The highest BCUT2D eigenvalue weighted by atomic mass is 79.9. The van der Waals surface area contributed by atoms with Crippen molar-refractivity contribution in [1.82, 2.24) is 29.5 Å². The SMILES string of the molecule is Cc1cc(C)nc(NS(=O)(=O)c2ccc(NC(=O)c3ccn(Cn4nc(C)c(Br)c4C)n3)cc2)n1. The summed E-state index contributed by atoms with van der Waals surface area (Å²) in [6.45, 7) is 7.71. The van der Waals surface area contributed by atoms with Crippen LogP contribution in [0.15, 0.2) is 52.0 Å². The Hall–Kier alpha value is -3.58. The van der Waals surface area contributed by atoms with Gasteiger partial charge in [-0.2, -0.15) is 10.2 Å². The zero-order chi connectivity index (χ0) is 25.3. The van der Waals surface area contributed by atoms with Gasteiger partial charge in [-0.3, -0.25) is 9.48 Å². The molecule has 0 radical (unpaired) electrons. The van der Waals surface area contributed by atoms with Gasteiger partial charge in [-0.15, -0.1) is 0 Å². The van der Waals surface area contributed by atoms with Gasteiger partial charge in [0.05, 0.1) is 20.8 Å². The first-order valence-corrected chi connectivity index (χ1v) is 12.8. The van der Waals surface area contributed by atoms with Crippen molar-refractivity contribution in [3.63, 3.8) is 0 Å². The molecule has 0 aliphatic carbocycles. The van der Waals surface area contributed by atoms with Crippen LogP contribution in [0.3, 0.4) is 0 Å². The molecule has 0 fully saturated rings. The Morgan fingerprint density at radius 3 is 2.26 bits per heavy atom. The second-order valence-corrected chi connectivity index (χ2v) is 10.4. The molecule has 2 N–H and O–H groups in total. The molecule has 35 heavy (non-hydrogen) atoms. The topological polar surface area (TPSA) is 137 Å². The Balaban J connectivity index is 1.42. The standard InChI is InChI=1S/C22H23BrN8O3S/c1-13-11-14(2)25-22(24-13)29-35(33,34)18-7-5-17(6-8-18)26-21(32)19-9-10-30(28-19)12-31-16(4)20(23)15(3)27-31/h5-11H,12H2,1-4H3,(H,26,32)(H,24,25,29). The van der Waals surface area contributed by atoms with Gasteiger partial charge in [0.25, 0.3) is 15.9 Å². The molecule has 0 aliphatic rings. The average molecular weight is 559 g/mol. The number of hydrogen-bond donors (Lipinski definition) is 2. The first-order chi connectivity index (χ1) is 16.5. The van der Waals surface area contributed by atoms with E-state index in [1.165, 1.54) is 24.3 Å². The van der Waals surface area contributed by atoms with E-state index in [0.717, 1.165) is 15.9 Å². The monoisotopic (exact) mass is 558 g/mol. The van der Waals surface area contributed by atoms with Gasteiger partial charge < -0.3 is 5.32 Å². The van der Waals surface area contributed by atoms with Crippen LogP contribution in [0.1, 0.15) is 33.3 Å². The normalized spacial score (nSPS) is 11.5. The highest BCUT2D eigenvalue weighted by Crippen LogP contribution is 2.20. The summed E-state index contributed by atoms with van der Waals surface area (Å²) >= 11 is 3.49. The average Bonchev–Trinajstić information content (AvgIpc) is 3.34. The number of rotatable bonds is 7. The number of amides is 1. The predicted molar refractivity (Wildman–Crippen MR) is 134 cm³/mol. The maximum Gasteiger partial charge on any atom is 0.276 e. The fraction of sp³-hybridized carbons (Fsp3) is 0.227. The van der Waals surface area contributed by atoms with Gasteiger partial charge in [-0.1, -0.05) is 0 Å². The molecule has 3 heterocycles. The summed E-state index contributed by atoms with van der Waals surface area (Å²) in [4.78, 5) is 20.8. The number of aryl methyl sites for hydroxylation is 3. The summed E-state index contributed by atoms with van der Waals surface area (Å²) in [5.74, 6) is -0.418. The van der Waals surface area contributed by atoms with E-state index in [9.17, 15) is 13.2 Å². The first kappa shape index (κ1) is 24.5. The van der Waals surface area contributed by atoms with Gasteiger partial charge in [0.2, 0.25) is 5.95 Å².